The summed E-state index contributed by atoms with van der Waals surface area (Å²) in [6.07, 6.45) is 0.442. The van der Waals surface area contributed by atoms with E-state index in [0.29, 0.717) is 18.4 Å². The quantitative estimate of drug-likeness (QED) is 0.774. The maximum atomic E-state index is 13.6. The molecule has 1 aromatic carbocycles. The van der Waals surface area contributed by atoms with Crippen LogP contribution in [-0.2, 0) is 6.42 Å². The van der Waals surface area contributed by atoms with Gasteiger partial charge in [0.2, 0.25) is 0 Å². The van der Waals surface area contributed by atoms with Gasteiger partial charge in [0.05, 0.1) is 16.1 Å². The molecule has 1 atom stereocenters. The molecular formula is C10H7BrFNO. The molecule has 2 nitrogen and oxygen atoms in total. The molecule has 4 heteroatoms. The molecule has 0 saturated carbocycles. The summed E-state index contributed by atoms with van der Waals surface area (Å²) in [6, 6.07) is 3.55. The zero-order valence-corrected chi connectivity index (χ0v) is 8.81. The van der Waals surface area contributed by atoms with Crippen LogP contribution in [0.2, 0.25) is 0 Å². The number of halogens is 2. The van der Waals surface area contributed by atoms with Crippen molar-refractivity contribution in [1.29, 1.82) is 5.26 Å². The van der Waals surface area contributed by atoms with Crippen LogP contribution in [0.25, 0.3) is 0 Å². The minimum absolute atomic E-state index is 0.152. The molecule has 1 aromatic rings. The molecule has 1 unspecified atom stereocenters. The number of aliphatic hydroxyl groups is 1. The normalized spacial score (nSPS) is 19.1. The molecule has 0 bridgehead atoms. The number of fused-ring (bicyclic) bond motifs is 1. The van der Waals surface area contributed by atoms with E-state index in [-0.39, 0.29) is 10.0 Å². The number of nitriles is 1. The Morgan fingerprint density at radius 1 is 1.64 bits per heavy atom. The van der Waals surface area contributed by atoms with Crippen molar-refractivity contribution < 1.29 is 9.50 Å². The van der Waals surface area contributed by atoms with Crippen molar-refractivity contribution in [2.75, 3.05) is 0 Å². The smallest absolute Gasteiger partial charge is 0.144 e. The van der Waals surface area contributed by atoms with E-state index < -0.39 is 11.9 Å². The lowest BCUT2D eigenvalue weighted by atomic mass is 10.1. The Labute approximate surface area is 89.1 Å². The van der Waals surface area contributed by atoms with Crippen LogP contribution in [0, 0.1) is 17.1 Å². The maximum Gasteiger partial charge on any atom is 0.144 e. The number of nitrogens with zero attached hydrogens (tertiary/aromatic N) is 1. The van der Waals surface area contributed by atoms with E-state index in [9.17, 15) is 9.50 Å². The summed E-state index contributed by atoms with van der Waals surface area (Å²) in [5.41, 5.74) is 1.38. The van der Waals surface area contributed by atoms with Gasteiger partial charge in [0, 0.05) is 5.56 Å². The van der Waals surface area contributed by atoms with E-state index in [1.54, 1.807) is 6.07 Å². The van der Waals surface area contributed by atoms with E-state index in [1.165, 1.54) is 0 Å². The van der Waals surface area contributed by atoms with Gasteiger partial charge in [-0.1, -0.05) is 0 Å². The molecule has 14 heavy (non-hydrogen) atoms. The Kier molecular flexibility index (Phi) is 2.30. The van der Waals surface area contributed by atoms with Gasteiger partial charge in [-0.25, -0.2) is 4.39 Å². The summed E-state index contributed by atoms with van der Waals surface area (Å²) in [5.74, 6) is -0.496. The number of aliphatic hydroxyl groups excluding tert-OH is 1. The van der Waals surface area contributed by atoms with E-state index in [1.807, 2.05) is 6.07 Å². The van der Waals surface area contributed by atoms with E-state index in [4.69, 9.17) is 5.26 Å². The van der Waals surface area contributed by atoms with Crippen molar-refractivity contribution >= 4 is 15.9 Å². The molecule has 0 radical (unpaired) electrons. The monoisotopic (exact) mass is 255 g/mol. The number of hydrogen-bond acceptors (Lipinski definition) is 2. The lowest BCUT2D eigenvalue weighted by Gasteiger charge is -2.07. The first-order valence-corrected chi connectivity index (χ1v) is 5.03. The molecule has 72 valence electrons. The summed E-state index contributed by atoms with van der Waals surface area (Å²) in [5, 5.41) is 18.2. The molecule has 0 saturated heterocycles. The third-order valence-corrected chi connectivity index (χ3v) is 3.25. The maximum absolute atomic E-state index is 13.6. The predicted molar refractivity (Wildman–Crippen MR) is 52.1 cm³/mol. The van der Waals surface area contributed by atoms with Crippen molar-refractivity contribution in [3.8, 4) is 6.07 Å². The van der Waals surface area contributed by atoms with Gasteiger partial charge in [-0.05, 0) is 40.4 Å². The average molecular weight is 256 g/mol. The fourth-order valence-corrected chi connectivity index (χ4v) is 2.19. The van der Waals surface area contributed by atoms with Crippen LogP contribution < -0.4 is 0 Å². The molecule has 2 rings (SSSR count). The van der Waals surface area contributed by atoms with Crippen molar-refractivity contribution in [2.45, 2.75) is 18.9 Å². The second-order valence-electron chi connectivity index (χ2n) is 3.29. The summed E-state index contributed by atoms with van der Waals surface area (Å²) in [7, 11) is 0. The van der Waals surface area contributed by atoms with Gasteiger partial charge in [0.15, 0.2) is 0 Å². The molecule has 1 aliphatic rings. The minimum atomic E-state index is -0.728. The fraction of sp³-hybridized carbons (Fsp3) is 0.300. The Morgan fingerprint density at radius 2 is 2.36 bits per heavy atom. The highest BCUT2D eigenvalue weighted by Crippen LogP contribution is 2.37. The van der Waals surface area contributed by atoms with Gasteiger partial charge in [0.1, 0.15) is 11.9 Å². The van der Waals surface area contributed by atoms with Gasteiger partial charge >= 0.3 is 0 Å². The standard InChI is InChI=1S/C10H7BrFNO/c11-9-6(4-13)3-5-1-2-7(14)8(5)10(9)12/h3,7,14H,1-2H2. The van der Waals surface area contributed by atoms with Gasteiger partial charge in [0.25, 0.3) is 0 Å². The highest BCUT2D eigenvalue weighted by Gasteiger charge is 2.27. The van der Waals surface area contributed by atoms with Crippen molar-refractivity contribution in [2.24, 2.45) is 0 Å². The van der Waals surface area contributed by atoms with Crippen LogP contribution in [0.1, 0.15) is 29.2 Å². The number of aryl methyl sites for hydroxylation is 1. The summed E-state index contributed by atoms with van der Waals surface area (Å²) in [6.45, 7) is 0. The van der Waals surface area contributed by atoms with Gasteiger partial charge in [-0.2, -0.15) is 5.26 Å². The Morgan fingerprint density at radius 3 is 3.00 bits per heavy atom. The Balaban J connectivity index is 2.70. The topological polar surface area (TPSA) is 44.0 Å². The summed E-state index contributed by atoms with van der Waals surface area (Å²) in [4.78, 5) is 0. The first-order valence-electron chi connectivity index (χ1n) is 4.24. The van der Waals surface area contributed by atoms with Crippen LogP contribution >= 0.6 is 15.9 Å². The van der Waals surface area contributed by atoms with Crippen molar-refractivity contribution in [1.82, 2.24) is 0 Å². The highest BCUT2D eigenvalue weighted by atomic mass is 79.9. The molecule has 0 heterocycles. The molecule has 0 aromatic heterocycles. The first kappa shape index (κ1) is 9.63. The van der Waals surface area contributed by atoms with Crippen molar-refractivity contribution in [3.63, 3.8) is 0 Å². The number of benzene rings is 1. The van der Waals surface area contributed by atoms with Gasteiger partial charge < -0.3 is 5.11 Å². The predicted octanol–water partition coefficient (Wildman–Crippen LogP) is 2.44. The fourth-order valence-electron chi connectivity index (χ4n) is 1.78. The Bertz CT molecular complexity index is 439. The van der Waals surface area contributed by atoms with Crippen LogP contribution in [0.5, 0.6) is 0 Å². The number of hydrogen-bond donors (Lipinski definition) is 1. The lowest BCUT2D eigenvalue weighted by molar-refractivity contribution is 0.175. The third kappa shape index (κ3) is 1.24. The van der Waals surface area contributed by atoms with E-state index in [0.717, 1.165) is 5.56 Å². The minimum Gasteiger partial charge on any atom is -0.388 e. The molecular weight excluding hydrogens is 249 g/mol. The second kappa shape index (κ2) is 3.34. The molecule has 0 amide bonds. The van der Waals surface area contributed by atoms with Gasteiger partial charge in [-0.15, -0.1) is 0 Å². The molecule has 0 aliphatic heterocycles. The Hall–Kier alpha value is -0.920. The molecule has 1 aliphatic carbocycles. The molecule has 0 fully saturated rings. The van der Waals surface area contributed by atoms with E-state index >= 15 is 0 Å². The zero-order valence-electron chi connectivity index (χ0n) is 7.22. The number of rotatable bonds is 0. The third-order valence-electron chi connectivity index (χ3n) is 2.47. The van der Waals surface area contributed by atoms with Crippen LogP contribution in [-0.4, -0.2) is 5.11 Å². The second-order valence-corrected chi connectivity index (χ2v) is 4.08. The van der Waals surface area contributed by atoms with Gasteiger partial charge in [-0.3, -0.25) is 0 Å². The van der Waals surface area contributed by atoms with Crippen LogP contribution in [0.15, 0.2) is 10.5 Å². The zero-order chi connectivity index (χ0) is 10.3. The lowest BCUT2D eigenvalue weighted by Crippen LogP contribution is -1.98. The molecule has 1 N–H and O–H groups in total. The largest absolute Gasteiger partial charge is 0.388 e. The van der Waals surface area contributed by atoms with Crippen LogP contribution in [0.4, 0.5) is 4.39 Å². The van der Waals surface area contributed by atoms with E-state index in [2.05, 4.69) is 15.9 Å². The highest BCUT2D eigenvalue weighted by molar-refractivity contribution is 9.10. The van der Waals surface area contributed by atoms with Crippen molar-refractivity contribution in [3.05, 3.63) is 33.0 Å². The summed E-state index contributed by atoms with van der Waals surface area (Å²) < 4.78 is 13.8. The van der Waals surface area contributed by atoms with Crippen LogP contribution in [0.3, 0.4) is 0 Å². The SMILES string of the molecule is N#Cc1cc2c(c(F)c1Br)C(O)CC2. The molecule has 0 spiro atoms. The first-order chi connectivity index (χ1) is 6.65. The summed E-state index contributed by atoms with van der Waals surface area (Å²) >= 11 is 3.01. The average Bonchev–Trinajstić information content (AvgIpc) is 2.54.